The molecule has 0 bridgehead atoms. The van der Waals surface area contributed by atoms with Crippen LogP contribution in [0.2, 0.25) is 15.1 Å². The molecule has 0 aliphatic carbocycles. The largest absolute Gasteiger partial charge is 0.394 e. The van der Waals surface area contributed by atoms with Crippen molar-refractivity contribution in [3.05, 3.63) is 63.0 Å². The standard InChI is InChI=1S/C20H15Cl3F3N3O4S/c21-8-3-10(23)15(4-9(8)22)34-20-19(32)17(18(31)14(6-30)33-20)29-5-13(27-28-29)7-1-11(24)16(26)12(25)2-7/h1-5,14,17-20,30-32H,6H2/t14?,17?,18-,19?,20+/m0/s1. The Bertz CT molecular complexity index is 1200. The van der Waals surface area contributed by atoms with Gasteiger partial charge in [0.2, 0.25) is 0 Å². The van der Waals surface area contributed by atoms with Gasteiger partial charge in [-0.05, 0) is 24.3 Å². The highest BCUT2D eigenvalue weighted by Gasteiger charge is 2.46. The highest BCUT2D eigenvalue weighted by molar-refractivity contribution is 8.00. The van der Waals surface area contributed by atoms with Gasteiger partial charge in [-0.2, -0.15) is 0 Å². The molecule has 182 valence electrons. The van der Waals surface area contributed by atoms with Gasteiger partial charge in [-0.1, -0.05) is 51.8 Å². The highest BCUT2D eigenvalue weighted by Crippen LogP contribution is 2.42. The molecule has 0 radical (unpaired) electrons. The van der Waals surface area contributed by atoms with E-state index in [-0.39, 0.29) is 26.3 Å². The van der Waals surface area contributed by atoms with E-state index in [1.165, 1.54) is 18.3 Å². The molecule has 0 spiro atoms. The first-order valence-corrected chi connectivity index (χ1v) is 11.6. The van der Waals surface area contributed by atoms with E-state index in [1.54, 1.807) is 0 Å². The summed E-state index contributed by atoms with van der Waals surface area (Å²) in [6.45, 7) is -0.591. The molecule has 3 unspecified atom stereocenters. The predicted octanol–water partition coefficient (Wildman–Crippen LogP) is 4.10. The number of aliphatic hydroxyl groups is 3. The molecule has 5 atom stereocenters. The molecule has 3 N–H and O–H groups in total. The Morgan fingerprint density at radius 3 is 2.26 bits per heavy atom. The van der Waals surface area contributed by atoms with E-state index in [4.69, 9.17) is 39.5 Å². The average Bonchev–Trinajstić information content (AvgIpc) is 3.27. The van der Waals surface area contributed by atoms with Crippen molar-refractivity contribution in [1.29, 1.82) is 0 Å². The van der Waals surface area contributed by atoms with Crippen LogP contribution in [0.4, 0.5) is 13.2 Å². The van der Waals surface area contributed by atoms with Crippen LogP contribution >= 0.6 is 46.6 Å². The lowest BCUT2D eigenvalue weighted by Gasteiger charge is -2.41. The zero-order valence-electron chi connectivity index (χ0n) is 16.7. The Morgan fingerprint density at radius 1 is 0.971 bits per heavy atom. The number of halogens is 6. The second-order valence-electron chi connectivity index (χ2n) is 7.35. The molecule has 1 aliphatic heterocycles. The van der Waals surface area contributed by atoms with Gasteiger partial charge in [-0.15, -0.1) is 5.10 Å². The van der Waals surface area contributed by atoms with E-state index < -0.39 is 53.8 Å². The topological polar surface area (TPSA) is 101 Å². The van der Waals surface area contributed by atoms with Crippen LogP contribution in [-0.4, -0.2) is 60.7 Å². The molecule has 2 aromatic carbocycles. The van der Waals surface area contributed by atoms with Crippen LogP contribution in [0.3, 0.4) is 0 Å². The van der Waals surface area contributed by atoms with Crippen molar-refractivity contribution in [2.45, 2.75) is 34.7 Å². The molecule has 1 saturated heterocycles. The molecule has 1 aromatic heterocycles. The summed E-state index contributed by atoms with van der Waals surface area (Å²) in [6, 6.07) is 3.20. The maximum Gasteiger partial charge on any atom is 0.194 e. The normalized spacial score (nSPS) is 25.0. The number of aliphatic hydroxyl groups excluding tert-OH is 3. The van der Waals surface area contributed by atoms with Gasteiger partial charge in [0.25, 0.3) is 0 Å². The van der Waals surface area contributed by atoms with Gasteiger partial charge >= 0.3 is 0 Å². The second-order valence-corrected chi connectivity index (χ2v) is 9.71. The van der Waals surface area contributed by atoms with Gasteiger partial charge in [0.15, 0.2) is 17.5 Å². The van der Waals surface area contributed by atoms with Crippen molar-refractivity contribution in [1.82, 2.24) is 15.0 Å². The Kier molecular flexibility index (Phi) is 7.65. The lowest BCUT2D eigenvalue weighted by Crippen LogP contribution is -2.55. The van der Waals surface area contributed by atoms with E-state index >= 15 is 0 Å². The summed E-state index contributed by atoms with van der Waals surface area (Å²) in [6.07, 6.45) is -2.75. The van der Waals surface area contributed by atoms with E-state index in [1.807, 2.05) is 0 Å². The molecule has 1 aliphatic rings. The lowest BCUT2D eigenvalue weighted by molar-refractivity contribution is -0.178. The summed E-state index contributed by atoms with van der Waals surface area (Å²) in [7, 11) is 0. The van der Waals surface area contributed by atoms with Crippen molar-refractivity contribution >= 4 is 46.6 Å². The van der Waals surface area contributed by atoms with Gasteiger partial charge in [-0.25, -0.2) is 17.9 Å². The Labute approximate surface area is 210 Å². The first-order valence-electron chi connectivity index (χ1n) is 9.61. The number of hydrogen-bond donors (Lipinski definition) is 3. The van der Waals surface area contributed by atoms with E-state index in [0.717, 1.165) is 28.6 Å². The van der Waals surface area contributed by atoms with E-state index in [0.29, 0.717) is 4.90 Å². The van der Waals surface area contributed by atoms with Crippen LogP contribution in [0.15, 0.2) is 35.4 Å². The average molecular weight is 557 g/mol. The number of benzene rings is 2. The smallest absolute Gasteiger partial charge is 0.194 e. The first-order chi connectivity index (χ1) is 16.1. The number of hydrogen-bond acceptors (Lipinski definition) is 7. The summed E-state index contributed by atoms with van der Waals surface area (Å²) in [5.41, 5.74) is -1.19. The summed E-state index contributed by atoms with van der Waals surface area (Å²) in [4.78, 5) is 0.420. The fraction of sp³-hybridized carbons (Fsp3) is 0.300. The summed E-state index contributed by atoms with van der Waals surface area (Å²) >= 11 is 19.2. The molecule has 2 heterocycles. The third-order valence-corrected chi connectivity index (χ3v) is 7.52. The molecule has 34 heavy (non-hydrogen) atoms. The second kappa shape index (κ2) is 10.2. The lowest BCUT2D eigenvalue weighted by atomic mass is 9.97. The molecular formula is C20H15Cl3F3N3O4S. The highest BCUT2D eigenvalue weighted by atomic mass is 35.5. The number of rotatable bonds is 5. The number of aromatic nitrogens is 3. The molecular weight excluding hydrogens is 542 g/mol. The minimum Gasteiger partial charge on any atom is -0.394 e. The van der Waals surface area contributed by atoms with Crippen LogP contribution in [0.1, 0.15) is 6.04 Å². The van der Waals surface area contributed by atoms with E-state index in [2.05, 4.69) is 10.3 Å². The molecule has 3 aromatic rings. The molecule has 0 saturated carbocycles. The third-order valence-electron chi connectivity index (χ3n) is 5.16. The third kappa shape index (κ3) is 4.89. The number of nitrogens with zero attached hydrogens (tertiary/aromatic N) is 3. The maximum atomic E-state index is 13.6. The van der Waals surface area contributed by atoms with Crippen molar-refractivity contribution in [2.24, 2.45) is 0 Å². The van der Waals surface area contributed by atoms with Crippen LogP contribution in [0.25, 0.3) is 11.3 Å². The van der Waals surface area contributed by atoms with Crippen LogP contribution in [-0.2, 0) is 4.74 Å². The molecule has 1 fully saturated rings. The molecule has 4 rings (SSSR count). The predicted molar refractivity (Wildman–Crippen MR) is 119 cm³/mol. The van der Waals surface area contributed by atoms with Crippen LogP contribution in [0.5, 0.6) is 0 Å². The number of ether oxygens (including phenoxy) is 1. The molecule has 0 amide bonds. The Balaban J connectivity index is 1.65. The van der Waals surface area contributed by atoms with Crippen LogP contribution < -0.4 is 0 Å². The zero-order chi connectivity index (χ0) is 24.7. The van der Waals surface area contributed by atoms with Gasteiger partial charge in [0.1, 0.15) is 35.5 Å². The summed E-state index contributed by atoms with van der Waals surface area (Å²) < 4.78 is 47.3. The SMILES string of the molecule is OCC1O[C@H](Sc2cc(Cl)c(Cl)cc2Cl)C(O)C(n2cc(-c3cc(F)c(F)c(F)c3)nn2)[C@H]1O. The van der Waals surface area contributed by atoms with Crippen molar-refractivity contribution in [3.8, 4) is 11.3 Å². The Morgan fingerprint density at radius 2 is 1.62 bits per heavy atom. The van der Waals surface area contributed by atoms with Gasteiger partial charge in [0, 0.05) is 10.5 Å². The maximum absolute atomic E-state index is 13.6. The van der Waals surface area contributed by atoms with Crippen molar-refractivity contribution in [3.63, 3.8) is 0 Å². The van der Waals surface area contributed by atoms with Crippen molar-refractivity contribution in [2.75, 3.05) is 6.61 Å². The summed E-state index contributed by atoms with van der Waals surface area (Å²) in [5.74, 6) is -4.45. The minimum atomic E-state index is -1.63. The number of thioether (sulfide) groups is 1. The van der Waals surface area contributed by atoms with Crippen molar-refractivity contribution < 1.29 is 33.2 Å². The zero-order valence-corrected chi connectivity index (χ0v) is 19.8. The minimum absolute atomic E-state index is 0.0408. The molecule has 14 heteroatoms. The van der Waals surface area contributed by atoms with Crippen LogP contribution in [0, 0.1) is 17.5 Å². The van der Waals surface area contributed by atoms with Gasteiger partial charge < -0.3 is 20.1 Å². The Hall–Kier alpha value is -1.57. The summed E-state index contributed by atoms with van der Waals surface area (Å²) in [5, 5.41) is 39.7. The van der Waals surface area contributed by atoms with E-state index in [9.17, 15) is 28.5 Å². The fourth-order valence-corrected chi connectivity index (χ4v) is 5.31. The monoisotopic (exact) mass is 555 g/mol. The quantitative estimate of drug-likeness (QED) is 0.321. The van der Waals surface area contributed by atoms with Gasteiger partial charge in [0.05, 0.1) is 27.9 Å². The first kappa shape index (κ1) is 25.5. The van der Waals surface area contributed by atoms with Gasteiger partial charge in [-0.3, -0.25) is 0 Å². The fourth-order valence-electron chi connectivity index (χ4n) is 3.46. The molecule has 7 nitrogen and oxygen atoms in total.